The molecule has 3 aromatic rings. The Morgan fingerprint density at radius 1 is 1.39 bits per heavy atom. The van der Waals surface area contributed by atoms with Gasteiger partial charge in [0.15, 0.2) is 5.16 Å². The van der Waals surface area contributed by atoms with Gasteiger partial charge in [-0.1, -0.05) is 36.9 Å². The number of carbonyl (C=O) groups is 1. The summed E-state index contributed by atoms with van der Waals surface area (Å²) in [5.74, 6) is 0.542. The second kappa shape index (κ2) is 7.72. The number of aromatic amines is 1. The topological polar surface area (TPSA) is 74.8 Å². The number of hydrogen-bond acceptors (Lipinski definition) is 5. The quantitative estimate of drug-likeness (QED) is 0.486. The highest BCUT2D eigenvalue weighted by molar-refractivity contribution is 8.00. The van der Waals surface area contributed by atoms with E-state index in [0.717, 1.165) is 40.7 Å². The number of thiophene rings is 1. The molecule has 1 aliphatic rings. The zero-order valence-corrected chi connectivity index (χ0v) is 17.8. The van der Waals surface area contributed by atoms with E-state index in [2.05, 4.69) is 22.2 Å². The Hall–Kier alpha value is -2.12. The van der Waals surface area contributed by atoms with E-state index in [0.29, 0.717) is 11.1 Å². The van der Waals surface area contributed by atoms with Gasteiger partial charge in [-0.05, 0) is 56.2 Å². The second-order valence-electron chi connectivity index (χ2n) is 7.47. The van der Waals surface area contributed by atoms with E-state index in [9.17, 15) is 9.59 Å². The largest absolute Gasteiger partial charge is 0.325 e. The van der Waals surface area contributed by atoms with Crippen LogP contribution >= 0.6 is 23.1 Å². The first-order valence-corrected chi connectivity index (χ1v) is 11.2. The molecule has 5 nitrogen and oxygen atoms in total. The van der Waals surface area contributed by atoms with E-state index in [1.165, 1.54) is 22.2 Å². The SMILES string of the molecule is Cc1ccccc1NC(=O)C(C)Sc1nc2sc3c(c2c(=O)[nH]1)CCC(C)C3. The minimum atomic E-state index is -0.380. The first-order chi connectivity index (χ1) is 13.4. The number of aryl methyl sites for hydroxylation is 2. The molecule has 1 amide bonds. The van der Waals surface area contributed by atoms with E-state index >= 15 is 0 Å². The summed E-state index contributed by atoms with van der Waals surface area (Å²) >= 11 is 2.91. The summed E-state index contributed by atoms with van der Waals surface area (Å²) in [7, 11) is 0. The maximum Gasteiger partial charge on any atom is 0.260 e. The Balaban J connectivity index is 1.55. The zero-order valence-electron chi connectivity index (χ0n) is 16.2. The Morgan fingerprint density at radius 2 is 2.18 bits per heavy atom. The molecule has 0 aliphatic heterocycles. The monoisotopic (exact) mass is 413 g/mol. The lowest BCUT2D eigenvalue weighted by Crippen LogP contribution is -2.23. The van der Waals surface area contributed by atoms with Crippen LogP contribution in [-0.2, 0) is 17.6 Å². The van der Waals surface area contributed by atoms with Crippen molar-refractivity contribution >= 4 is 44.9 Å². The molecule has 1 aliphatic carbocycles. The number of para-hydroxylation sites is 1. The van der Waals surface area contributed by atoms with Crippen molar-refractivity contribution in [1.29, 1.82) is 0 Å². The van der Waals surface area contributed by atoms with Crippen molar-refractivity contribution in [2.45, 2.75) is 50.4 Å². The van der Waals surface area contributed by atoms with Gasteiger partial charge in [0.05, 0.1) is 10.6 Å². The molecule has 0 fully saturated rings. The summed E-state index contributed by atoms with van der Waals surface area (Å²) in [5, 5.41) is 3.81. The van der Waals surface area contributed by atoms with Crippen LogP contribution in [0, 0.1) is 12.8 Å². The predicted octanol–water partition coefficient (Wildman–Crippen LogP) is 4.54. The average molecular weight is 414 g/mol. The molecular weight excluding hydrogens is 390 g/mol. The number of H-pyrrole nitrogens is 1. The molecule has 0 radical (unpaired) electrons. The van der Waals surface area contributed by atoms with Crippen LogP contribution in [0.3, 0.4) is 0 Å². The smallest absolute Gasteiger partial charge is 0.260 e. The highest BCUT2D eigenvalue weighted by Crippen LogP contribution is 2.36. The van der Waals surface area contributed by atoms with E-state index in [1.54, 1.807) is 11.3 Å². The van der Waals surface area contributed by atoms with Crippen LogP contribution in [0.25, 0.3) is 10.2 Å². The van der Waals surface area contributed by atoms with Crippen molar-refractivity contribution < 1.29 is 4.79 Å². The van der Waals surface area contributed by atoms with E-state index in [1.807, 2.05) is 38.1 Å². The third kappa shape index (κ3) is 3.73. The molecule has 28 heavy (non-hydrogen) atoms. The lowest BCUT2D eigenvalue weighted by Gasteiger charge is -2.17. The molecule has 0 saturated heterocycles. The molecule has 7 heteroatoms. The molecule has 2 atom stereocenters. The van der Waals surface area contributed by atoms with Gasteiger partial charge in [-0.15, -0.1) is 11.3 Å². The molecule has 2 aromatic heterocycles. The van der Waals surface area contributed by atoms with Gasteiger partial charge in [-0.3, -0.25) is 9.59 Å². The van der Waals surface area contributed by atoms with E-state index < -0.39 is 0 Å². The molecule has 146 valence electrons. The number of nitrogens with zero attached hydrogens (tertiary/aromatic N) is 1. The maximum absolute atomic E-state index is 12.7. The van der Waals surface area contributed by atoms with Crippen LogP contribution in [0.15, 0.2) is 34.2 Å². The Kier molecular flexibility index (Phi) is 5.29. The standard InChI is InChI=1S/C21H23N3O2S2/c1-11-8-9-14-16(10-11)28-20-17(14)19(26)23-21(24-20)27-13(3)18(25)22-15-7-5-4-6-12(15)2/h4-7,11,13H,8-10H2,1-3H3,(H,22,25)(H,23,24,26). The molecule has 0 bridgehead atoms. The van der Waals surface area contributed by atoms with Crippen LogP contribution < -0.4 is 10.9 Å². The van der Waals surface area contributed by atoms with Gasteiger partial charge >= 0.3 is 0 Å². The number of anilines is 1. The molecule has 2 N–H and O–H groups in total. The van der Waals surface area contributed by atoms with Crippen molar-refractivity contribution in [1.82, 2.24) is 9.97 Å². The predicted molar refractivity (Wildman–Crippen MR) is 117 cm³/mol. The lowest BCUT2D eigenvalue weighted by molar-refractivity contribution is -0.115. The summed E-state index contributed by atoms with van der Waals surface area (Å²) in [4.78, 5) is 34.9. The number of rotatable bonds is 4. The minimum Gasteiger partial charge on any atom is -0.325 e. The van der Waals surface area contributed by atoms with Gasteiger partial charge in [0.25, 0.3) is 5.56 Å². The van der Waals surface area contributed by atoms with Gasteiger partial charge in [-0.25, -0.2) is 4.98 Å². The summed E-state index contributed by atoms with van der Waals surface area (Å²) in [6.07, 6.45) is 3.08. The molecule has 1 aromatic carbocycles. The fourth-order valence-corrected chi connectivity index (χ4v) is 5.79. The third-order valence-electron chi connectivity index (χ3n) is 5.20. The second-order valence-corrected chi connectivity index (χ2v) is 9.88. The Bertz CT molecular complexity index is 1100. The number of benzene rings is 1. The average Bonchev–Trinajstić information content (AvgIpc) is 3.01. The number of fused-ring (bicyclic) bond motifs is 3. The lowest BCUT2D eigenvalue weighted by atomic mass is 9.89. The Labute approximate surface area is 172 Å². The van der Waals surface area contributed by atoms with Crippen LogP contribution in [0.4, 0.5) is 5.69 Å². The van der Waals surface area contributed by atoms with Gasteiger partial charge < -0.3 is 10.3 Å². The fraction of sp³-hybridized carbons (Fsp3) is 0.381. The third-order valence-corrected chi connectivity index (χ3v) is 7.34. The maximum atomic E-state index is 12.7. The molecule has 2 unspecified atom stereocenters. The number of nitrogens with one attached hydrogen (secondary N) is 2. The first kappa shape index (κ1) is 19.2. The number of hydrogen-bond donors (Lipinski definition) is 2. The van der Waals surface area contributed by atoms with Gasteiger partial charge in [0, 0.05) is 10.6 Å². The van der Waals surface area contributed by atoms with E-state index in [4.69, 9.17) is 0 Å². The summed E-state index contributed by atoms with van der Waals surface area (Å²) in [5.41, 5.74) is 2.90. The molecule has 0 saturated carbocycles. The number of aromatic nitrogens is 2. The van der Waals surface area contributed by atoms with Gasteiger partial charge in [0.1, 0.15) is 4.83 Å². The highest BCUT2D eigenvalue weighted by atomic mass is 32.2. The summed E-state index contributed by atoms with van der Waals surface area (Å²) in [6.45, 7) is 6.03. The van der Waals surface area contributed by atoms with E-state index in [-0.39, 0.29) is 16.7 Å². The first-order valence-electron chi connectivity index (χ1n) is 9.50. The zero-order chi connectivity index (χ0) is 19.8. The van der Waals surface area contributed by atoms with Gasteiger partial charge in [-0.2, -0.15) is 0 Å². The van der Waals surface area contributed by atoms with Gasteiger partial charge in [0.2, 0.25) is 5.91 Å². The van der Waals surface area contributed by atoms with Crippen molar-refractivity contribution in [3.8, 4) is 0 Å². The van der Waals surface area contributed by atoms with Crippen molar-refractivity contribution in [3.05, 3.63) is 50.6 Å². The molecule has 4 rings (SSSR count). The number of thioether (sulfide) groups is 1. The molecule has 2 heterocycles. The van der Waals surface area contributed by atoms with Crippen LogP contribution in [-0.4, -0.2) is 21.1 Å². The van der Waals surface area contributed by atoms with Crippen LogP contribution in [0.5, 0.6) is 0 Å². The van der Waals surface area contributed by atoms with Crippen molar-refractivity contribution in [3.63, 3.8) is 0 Å². The Morgan fingerprint density at radius 3 is 2.96 bits per heavy atom. The number of amides is 1. The van der Waals surface area contributed by atoms with Crippen molar-refractivity contribution in [2.24, 2.45) is 5.92 Å². The fourth-order valence-electron chi connectivity index (χ4n) is 3.55. The molecular formula is C21H23N3O2S2. The molecule has 0 spiro atoms. The van der Waals surface area contributed by atoms with Crippen molar-refractivity contribution in [2.75, 3.05) is 5.32 Å². The number of carbonyl (C=O) groups excluding carboxylic acids is 1. The summed E-state index contributed by atoms with van der Waals surface area (Å²) in [6, 6.07) is 7.68. The normalized spacial score (nSPS) is 17.3. The van der Waals surface area contributed by atoms with Crippen LogP contribution in [0.1, 0.15) is 36.3 Å². The highest BCUT2D eigenvalue weighted by Gasteiger charge is 2.24. The van der Waals surface area contributed by atoms with Crippen LogP contribution in [0.2, 0.25) is 0 Å². The summed E-state index contributed by atoms with van der Waals surface area (Å²) < 4.78 is 0. The minimum absolute atomic E-state index is 0.0916.